The van der Waals surface area contributed by atoms with Crippen LogP contribution < -0.4 is 10.6 Å². The van der Waals surface area contributed by atoms with E-state index in [0.29, 0.717) is 5.92 Å². The summed E-state index contributed by atoms with van der Waals surface area (Å²) < 4.78 is 0. The zero-order valence-corrected chi connectivity index (χ0v) is 9.18. The summed E-state index contributed by atoms with van der Waals surface area (Å²) in [5.74, 6) is 0.620. The Morgan fingerprint density at radius 2 is 2.21 bits per heavy atom. The largest absolute Gasteiger partial charge is 0.338 e. The van der Waals surface area contributed by atoms with Crippen LogP contribution in [0.3, 0.4) is 0 Å². The summed E-state index contributed by atoms with van der Waals surface area (Å²) in [6, 6.07) is 0.0712. The van der Waals surface area contributed by atoms with Crippen LogP contribution in [-0.4, -0.2) is 43.7 Å². The quantitative estimate of drug-likeness (QED) is 0.698. The molecular weight excluding hydrogens is 178 g/mol. The minimum absolute atomic E-state index is 0.0712. The number of carbonyl (C=O) groups is 1. The lowest BCUT2D eigenvalue weighted by molar-refractivity contribution is 0.201. The maximum Gasteiger partial charge on any atom is 0.317 e. The molecule has 1 saturated heterocycles. The number of amides is 2. The fraction of sp³-hybridized carbons (Fsp3) is 0.900. The third-order valence-electron chi connectivity index (χ3n) is 2.75. The van der Waals surface area contributed by atoms with E-state index in [1.165, 1.54) is 6.42 Å². The monoisotopic (exact) mass is 199 g/mol. The van der Waals surface area contributed by atoms with Crippen LogP contribution in [0.5, 0.6) is 0 Å². The minimum atomic E-state index is 0.0712. The number of hydrogen-bond acceptors (Lipinski definition) is 2. The van der Waals surface area contributed by atoms with Crippen LogP contribution >= 0.6 is 0 Å². The summed E-state index contributed by atoms with van der Waals surface area (Å²) in [5.41, 5.74) is 0. The van der Waals surface area contributed by atoms with Gasteiger partial charge < -0.3 is 15.5 Å². The van der Waals surface area contributed by atoms with Gasteiger partial charge in [-0.05, 0) is 39.3 Å². The fourth-order valence-electron chi connectivity index (χ4n) is 1.74. The fourth-order valence-corrected chi connectivity index (χ4v) is 1.74. The molecule has 0 aromatic carbocycles. The minimum Gasteiger partial charge on any atom is -0.338 e. The molecule has 0 saturated carbocycles. The Bertz CT molecular complexity index is 174. The van der Waals surface area contributed by atoms with Crippen molar-refractivity contribution in [2.45, 2.75) is 20.3 Å². The second-order valence-electron chi connectivity index (χ2n) is 3.72. The lowest BCUT2D eigenvalue weighted by Gasteiger charge is -2.20. The van der Waals surface area contributed by atoms with Crippen LogP contribution in [0, 0.1) is 5.92 Å². The lowest BCUT2D eigenvalue weighted by Crippen LogP contribution is -2.41. The Kier molecular flexibility index (Phi) is 4.73. The van der Waals surface area contributed by atoms with E-state index in [0.717, 1.165) is 32.7 Å². The predicted octanol–water partition coefficient (Wildman–Crippen LogP) is 0.647. The molecule has 1 rings (SSSR count). The molecule has 1 aliphatic heterocycles. The normalized spacial score (nSPS) is 20.9. The summed E-state index contributed by atoms with van der Waals surface area (Å²) >= 11 is 0. The van der Waals surface area contributed by atoms with Crippen molar-refractivity contribution in [1.82, 2.24) is 15.5 Å². The number of nitrogens with one attached hydrogen (secondary N) is 2. The average molecular weight is 199 g/mol. The molecule has 0 spiro atoms. The van der Waals surface area contributed by atoms with Crippen LogP contribution in [0.2, 0.25) is 0 Å². The van der Waals surface area contributed by atoms with E-state index in [-0.39, 0.29) is 6.03 Å². The first-order chi connectivity index (χ1) is 6.77. The molecule has 82 valence electrons. The first-order valence-corrected chi connectivity index (χ1v) is 5.51. The number of nitrogens with zero attached hydrogens (tertiary/aromatic N) is 1. The molecule has 0 aromatic rings. The van der Waals surface area contributed by atoms with Gasteiger partial charge in [-0.25, -0.2) is 4.79 Å². The van der Waals surface area contributed by atoms with Gasteiger partial charge in [0.2, 0.25) is 0 Å². The van der Waals surface area contributed by atoms with Crippen LogP contribution in [-0.2, 0) is 0 Å². The smallest absolute Gasteiger partial charge is 0.317 e. The third kappa shape index (κ3) is 3.18. The van der Waals surface area contributed by atoms with Crippen LogP contribution in [0.15, 0.2) is 0 Å². The third-order valence-corrected chi connectivity index (χ3v) is 2.75. The molecule has 1 heterocycles. The molecule has 0 aliphatic carbocycles. The van der Waals surface area contributed by atoms with E-state index in [9.17, 15) is 4.79 Å². The SMILES string of the molecule is CCN(CC)C(=O)NCC1CCNC1. The summed E-state index contributed by atoms with van der Waals surface area (Å²) in [6.07, 6.45) is 1.18. The van der Waals surface area contributed by atoms with Crippen molar-refractivity contribution in [3.63, 3.8) is 0 Å². The van der Waals surface area contributed by atoms with Gasteiger partial charge in [0.1, 0.15) is 0 Å². The highest BCUT2D eigenvalue weighted by atomic mass is 16.2. The molecule has 0 bridgehead atoms. The zero-order chi connectivity index (χ0) is 10.4. The second-order valence-corrected chi connectivity index (χ2v) is 3.72. The summed E-state index contributed by atoms with van der Waals surface area (Å²) in [6.45, 7) is 8.50. The molecule has 2 amide bonds. The maximum absolute atomic E-state index is 11.6. The molecule has 4 heteroatoms. The van der Waals surface area contributed by atoms with E-state index in [1.54, 1.807) is 0 Å². The van der Waals surface area contributed by atoms with E-state index in [4.69, 9.17) is 0 Å². The number of urea groups is 1. The van der Waals surface area contributed by atoms with Gasteiger partial charge in [0.05, 0.1) is 0 Å². The van der Waals surface area contributed by atoms with Crippen LogP contribution in [0.25, 0.3) is 0 Å². The number of rotatable bonds is 4. The molecule has 1 atom stereocenters. The van der Waals surface area contributed by atoms with Crippen molar-refractivity contribution >= 4 is 6.03 Å². The highest BCUT2D eigenvalue weighted by Gasteiger charge is 2.16. The van der Waals surface area contributed by atoms with Crippen molar-refractivity contribution in [2.75, 3.05) is 32.7 Å². The highest BCUT2D eigenvalue weighted by Crippen LogP contribution is 2.05. The number of hydrogen-bond donors (Lipinski definition) is 2. The van der Waals surface area contributed by atoms with Gasteiger partial charge in [-0.15, -0.1) is 0 Å². The Balaban J connectivity index is 2.18. The molecule has 0 radical (unpaired) electrons. The van der Waals surface area contributed by atoms with Gasteiger partial charge in [0.25, 0.3) is 0 Å². The molecular formula is C10H21N3O. The molecule has 2 N–H and O–H groups in total. The van der Waals surface area contributed by atoms with E-state index in [2.05, 4.69) is 10.6 Å². The lowest BCUT2D eigenvalue weighted by atomic mass is 10.1. The summed E-state index contributed by atoms with van der Waals surface area (Å²) in [7, 11) is 0. The molecule has 0 aromatic heterocycles. The summed E-state index contributed by atoms with van der Waals surface area (Å²) in [5, 5.41) is 6.26. The highest BCUT2D eigenvalue weighted by molar-refractivity contribution is 5.74. The van der Waals surface area contributed by atoms with Gasteiger partial charge in [0.15, 0.2) is 0 Å². The first-order valence-electron chi connectivity index (χ1n) is 5.51. The summed E-state index contributed by atoms with van der Waals surface area (Å²) in [4.78, 5) is 13.4. The van der Waals surface area contributed by atoms with Gasteiger partial charge in [-0.2, -0.15) is 0 Å². The molecule has 1 unspecified atom stereocenters. The van der Waals surface area contributed by atoms with Gasteiger partial charge in [0, 0.05) is 19.6 Å². The van der Waals surface area contributed by atoms with Crippen LogP contribution in [0.1, 0.15) is 20.3 Å². The van der Waals surface area contributed by atoms with Crippen molar-refractivity contribution in [1.29, 1.82) is 0 Å². The predicted molar refractivity (Wildman–Crippen MR) is 57.3 cm³/mol. The van der Waals surface area contributed by atoms with Gasteiger partial charge in [-0.1, -0.05) is 0 Å². The molecule has 14 heavy (non-hydrogen) atoms. The molecule has 4 nitrogen and oxygen atoms in total. The molecule has 1 aliphatic rings. The Morgan fingerprint density at radius 3 is 2.71 bits per heavy atom. The Morgan fingerprint density at radius 1 is 1.50 bits per heavy atom. The van der Waals surface area contributed by atoms with Gasteiger partial charge >= 0.3 is 6.03 Å². The van der Waals surface area contributed by atoms with Crippen molar-refractivity contribution in [3.8, 4) is 0 Å². The Labute approximate surface area is 86.0 Å². The zero-order valence-electron chi connectivity index (χ0n) is 9.18. The standard InChI is InChI=1S/C10H21N3O/c1-3-13(4-2)10(14)12-8-9-5-6-11-7-9/h9,11H,3-8H2,1-2H3,(H,12,14). The van der Waals surface area contributed by atoms with Crippen molar-refractivity contribution in [3.05, 3.63) is 0 Å². The Hall–Kier alpha value is -0.770. The average Bonchev–Trinajstić information content (AvgIpc) is 2.69. The first kappa shape index (κ1) is 11.3. The van der Waals surface area contributed by atoms with Crippen molar-refractivity contribution < 1.29 is 4.79 Å². The number of carbonyl (C=O) groups excluding carboxylic acids is 1. The van der Waals surface area contributed by atoms with Crippen molar-refractivity contribution in [2.24, 2.45) is 5.92 Å². The van der Waals surface area contributed by atoms with Crippen LogP contribution in [0.4, 0.5) is 4.79 Å². The second kappa shape index (κ2) is 5.86. The van der Waals surface area contributed by atoms with Gasteiger partial charge in [-0.3, -0.25) is 0 Å². The van der Waals surface area contributed by atoms with E-state index < -0.39 is 0 Å². The maximum atomic E-state index is 11.6. The van der Waals surface area contributed by atoms with E-state index >= 15 is 0 Å². The van der Waals surface area contributed by atoms with E-state index in [1.807, 2.05) is 18.7 Å². The molecule has 1 fully saturated rings. The topological polar surface area (TPSA) is 44.4 Å².